The second kappa shape index (κ2) is 9.38. The zero-order chi connectivity index (χ0) is 20.6. The van der Waals surface area contributed by atoms with Crippen molar-refractivity contribution in [2.24, 2.45) is 0 Å². The van der Waals surface area contributed by atoms with E-state index in [4.69, 9.17) is 9.94 Å². The van der Waals surface area contributed by atoms with Gasteiger partial charge in [0.1, 0.15) is 11.8 Å². The first kappa shape index (κ1) is 19.9. The predicted octanol–water partition coefficient (Wildman–Crippen LogP) is 3.61. The average Bonchev–Trinajstić information content (AvgIpc) is 2.78. The molecular weight excluding hydrogens is 370 g/mol. The molecule has 0 aliphatic heterocycles. The Morgan fingerprint density at radius 1 is 0.862 bits per heavy atom. The summed E-state index contributed by atoms with van der Waals surface area (Å²) in [5, 5.41) is 14.5. The highest BCUT2D eigenvalue weighted by molar-refractivity contribution is 6.02. The van der Waals surface area contributed by atoms with Crippen LogP contribution in [0.3, 0.4) is 0 Å². The number of hydrogen-bond donors (Lipinski definition) is 4. The van der Waals surface area contributed by atoms with Crippen molar-refractivity contribution in [2.45, 2.75) is 6.04 Å². The van der Waals surface area contributed by atoms with Gasteiger partial charge in [0.25, 0.3) is 11.8 Å². The number of carbonyl (C=O) groups is 2. The quantitative estimate of drug-likeness (QED) is 0.461. The minimum atomic E-state index is -0.913. The first-order valence-electron chi connectivity index (χ1n) is 8.92. The number of para-hydroxylation sites is 1. The molecule has 0 radical (unpaired) electrons. The molecule has 0 saturated carbocycles. The van der Waals surface area contributed by atoms with Crippen molar-refractivity contribution in [3.8, 4) is 5.75 Å². The zero-order valence-corrected chi connectivity index (χ0v) is 15.8. The second-order valence-corrected chi connectivity index (χ2v) is 6.20. The Kier molecular flexibility index (Phi) is 6.44. The number of methoxy groups -OCH3 is 1. The molecular formula is C22H21N3O4. The molecule has 0 aliphatic carbocycles. The van der Waals surface area contributed by atoms with Gasteiger partial charge >= 0.3 is 0 Å². The van der Waals surface area contributed by atoms with E-state index in [-0.39, 0.29) is 0 Å². The molecule has 3 aromatic carbocycles. The molecule has 7 nitrogen and oxygen atoms in total. The lowest BCUT2D eigenvalue weighted by Crippen LogP contribution is -2.37. The lowest BCUT2D eigenvalue weighted by atomic mass is 10.0. The Balaban J connectivity index is 1.84. The van der Waals surface area contributed by atoms with Gasteiger partial charge in [-0.1, -0.05) is 42.5 Å². The van der Waals surface area contributed by atoms with Crippen molar-refractivity contribution >= 4 is 23.2 Å². The molecule has 0 spiro atoms. The van der Waals surface area contributed by atoms with Gasteiger partial charge in [-0.25, -0.2) is 0 Å². The summed E-state index contributed by atoms with van der Waals surface area (Å²) in [5.74, 6) is -0.403. The van der Waals surface area contributed by atoms with Gasteiger partial charge in [0.2, 0.25) is 0 Å². The maximum Gasteiger partial charge on any atom is 0.255 e. The van der Waals surface area contributed by atoms with Crippen LogP contribution in [0.15, 0.2) is 78.9 Å². The molecule has 0 aliphatic rings. The molecule has 4 N–H and O–H groups in total. The SMILES string of the molecule is COc1ccccc1C(=O)N[C@H](C(=O)Nc1ccc(NO)cc1)c1ccccc1. The summed E-state index contributed by atoms with van der Waals surface area (Å²) in [6.45, 7) is 0. The number of hydrogen-bond acceptors (Lipinski definition) is 5. The van der Waals surface area contributed by atoms with E-state index in [0.717, 1.165) is 0 Å². The zero-order valence-electron chi connectivity index (χ0n) is 15.8. The van der Waals surface area contributed by atoms with Gasteiger partial charge in [0.15, 0.2) is 0 Å². The van der Waals surface area contributed by atoms with Crippen LogP contribution in [0.5, 0.6) is 5.75 Å². The molecule has 0 bridgehead atoms. The number of ether oxygens (including phenoxy) is 1. The summed E-state index contributed by atoms with van der Waals surface area (Å²) < 4.78 is 5.24. The molecule has 0 aromatic heterocycles. The summed E-state index contributed by atoms with van der Waals surface area (Å²) in [6.07, 6.45) is 0. The smallest absolute Gasteiger partial charge is 0.255 e. The summed E-state index contributed by atoms with van der Waals surface area (Å²) in [7, 11) is 1.48. The topological polar surface area (TPSA) is 99.7 Å². The fourth-order valence-electron chi connectivity index (χ4n) is 2.83. The Hall–Kier alpha value is -3.84. The fraction of sp³-hybridized carbons (Fsp3) is 0.0909. The standard InChI is InChI=1S/C22H21N3O4/c1-29-19-10-6-5-9-18(19)21(26)24-20(15-7-3-2-4-8-15)22(27)23-16-11-13-17(25-28)14-12-16/h2-14,20,25,28H,1H3,(H,23,27)(H,24,26)/t20-/m0/s1. The van der Waals surface area contributed by atoms with E-state index in [9.17, 15) is 9.59 Å². The first-order chi connectivity index (χ1) is 14.1. The van der Waals surface area contributed by atoms with Crippen LogP contribution in [0.1, 0.15) is 22.0 Å². The van der Waals surface area contributed by atoms with Crippen molar-refractivity contribution in [1.82, 2.24) is 5.32 Å². The van der Waals surface area contributed by atoms with Crippen molar-refractivity contribution in [3.05, 3.63) is 90.0 Å². The summed E-state index contributed by atoms with van der Waals surface area (Å²) in [6, 6.07) is 21.4. The van der Waals surface area contributed by atoms with Crippen molar-refractivity contribution in [2.75, 3.05) is 17.9 Å². The summed E-state index contributed by atoms with van der Waals surface area (Å²) in [5.41, 5.74) is 4.03. The van der Waals surface area contributed by atoms with Crippen LogP contribution in [-0.4, -0.2) is 24.1 Å². The van der Waals surface area contributed by atoms with Gasteiger partial charge in [0, 0.05) is 5.69 Å². The van der Waals surface area contributed by atoms with E-state index in [1.807, 2.05) is 11.5 Å². The molecule has 0 fully saturated rings. The van der Waals surface area contributed by atoms with E-state index < -0.39 is 17.9 Å². The molecule has 2 amide bonds. The highest BCUT2D eigenvalue weighted by Crippen LogP contribution is 2.21. The largest absolute Gasteiger partial charge is 0.496 e. The van der Waals surface area contributed by atoms with Crippen LogP contribution in [0, 0.1) is 0 Å². The van der Waals surface area contributed by atoms with Crippen LogP contribution in [-0.2, 0) is 4.79 Å². The monoisotopic (exact) mass is 391 g/mol. The lowest BCUT2D eigenvalue weighted by molar-refractivity contribution is -0.118. The minimum absolute atomic E-state index is 0.335. The number of amides is 2. The van der Waals surface area contributed by atoms with Crippen LogP contribution >= 0.6 is 0 Å². The Morgan fingerprint density at radius 3 is 2.14 bits per heavy atom. The number of carbonyl (C=O) groups excluding carboxylic acids is 2. The Morgan fingerprint density at radius 2 is 1.48 bits per heavy atom. The highest BCUT2D eigenvalue weighted by Gasteiger charge is 2.24. The van der Waals surface area contributed by atoms with Gasteiger partial charge in [-0.15, -0.1) is 0 Å². The molecule has 3 rings (SSSR count). The number of anilines is 2. The minimum Gasteiger partial charge on any atom is -0.496 e. The predicted molar refractivity (Wildman–Crippen MR) is 110 cm³/mol. The van der Waals surface area contributed by atoms with E-state index in [2.05, 4.69) is 10.6 Å². The maximum absolute atomic E-state index is 13.0. The molecule has 3 aromatic rings. The molecule has 1 atom stereocenters. The van der Waals surface area contributed by atoms with Gasteiger partial charge < -0.3 is 15.4 Å². The van der Waals surface area contributed by atoms with E-state index in [0.29, 0.717) is 28.3 Å². The third-order valence-electron chi connectivity index (χ3n) is 4.30. The molecule has 0 heterocycles. The first-order valence-corrected chi connectivity index (χ1v) is 8.92. The van der Waals surface area contributed by atoms with E-state index in [1.165, 1.54) is 7.11 Å². The number of benzene rings is 3. The van der Waals surface area contributed by atoms with Gasteiger partial charge in [0.05, 0.1) is 18.4 Å². The van der Waals surface area contributed by atoms with Gasteiger partial charge in [-0.3, -0.25) is 20.3 Å². The molecule has 7 heteroatoms. The number of rotatable bonds is 7. The highest BCUT2D eigenvalue weighted by atomic mass is 16.5. The van der Waals surface area contributed by atoms with Crippen LogP contribution in [0.2, 0.25) is 0 Å². The van der Waals surface area contributed by atoms with Crippen molar-refractivity contribution in [3.63, 3.8) is 0 Å². The van der Waals surface area contributed by atoms with Crippen LogP contribution < -0.4 is 20.9 Å². The third kappa shape index (κ3) is 4.91. The second-order valence-electron chi connectivity index (χ2n) is 6.20. The summed E-state index contributed by atoms with van der Waals surface area (Å²) in [4.78, 5) is 25.8. The number of nitrogens with one attached hydrogen (secondary N) is 3. The molecule has 0 unspecified atom stereocenters. The maximum atomic E-state index is 13.0. The summed E-state index contributed by atoms with van der Waals surface area (Å²) >= 11 is 0. The normalized spacial score (nSPS) is 11.2. The van der Waals surface area contributed by atoms with Crippen LogP contribution in [0.4, 0.5) is 11.4 Å². The Bertz CT molecular complexity index is 975. The molecule has 148 valence electrons. The lowest BCUT2D eigenvalue weighted by Gasteiger charge is -2.20. The fourth-order valence-corrected chi connectivity index (χ4v) is 2.83. The third-order valence-corrected chi connectivity index (χ3v) is 4.30. The average molecular weight is 391 g/mol. The molecule has 29 heavy (non-hydrogen) atoms. The van der Waals surface area contributed by atoms with E-state index in [1.54, 1.807) is 72.8 Å². The van der Waals surface area contributed by atoms with E-state index >= 15 is 0 Å². The van der Waals surface area contributed by atoms with Crippen LogP contribution in [0.25, 0.3) is 0 Å². The van der Waals surface area contributed by atoms with Gasteiger partial charge in [-0.2, -0.15) is 0 Å². The van der Waals surface area contributed by atoms with Gasteiger partial charge in [-0.05, 0) is 42.0 Å². The van der Waals surface area contributed by atoms with Crippen molar-refractivity contribution < 1.29 is 19.5 Å². The van der Waals surface area contributed by atoms with Crippen molar-refractivity contribution in [1.29, 1.82) is 0 Å². The Labute approximate surface area is 168 Å². The molecule has 0 saturated heterocycles.